The van der Waals surface area contributed by atoms with Gasteiger partial charge < -0.3 is 15.7 Å². The zero-order valence-electron chi connectivity index (χ0n) is 13.4. The maximum Gasteiger partial charge on any atom is 0.271 e. The summed E-state index contributed by atoms with van der Waals surface area (Å²) in [6.45, 7) is 1.97. The molecule has 9 heteroatoms. The molecule has 3 aromatic rings. The molecule has 1 unspecified atom stereocenters. The molecular formula is C16H16ClN5O2S. The summed E-state index contributed by atoms with van der Waals surface area (Å²) in [4.78, 5) is 25.2. The lowest BCUT2D eigenvalue weighted by Crippen LogP contribution is -2.27. The van der Waals surface area contributed by atoms with Gasteiger partial charge in [-0.25, -0.2) is 9.97 Å². The van der Waals surface area contributed by atoms with Gasteiger partial charge in [-0.1, -0.05) is 11.6 Å². The lowest BCUT2D eigenvalue weighted by Gasteiger charge is -2.15. The Morgan fingerprint density at radius 3 is 3.00 bits per heavy atom. The molecule has 0 bridgehead atoms. The standard InChI is InChI=1S/C16H16ClN5O2S/c1-9(10-6-11(17)8-18-7-10)20-16-21-12-2-5-25-14(12)13(22-16)15(24)19-3-4-23/h2,5-9,23H,3-4H2,1H3,(H,19,24)(H,20,21,22). The molecule has 0 radical (unpaired) electrons. The van der Waals surface area contributed by atoms with Gasteiger partial charge in [0, 0.05) is 18.9 Å². The van der Waals surface area contributed by atoms with E-state index in [4.69, 9.17) is 16.7 Å². The monoisotopic (exact) mass is 377 g/mol. The van der Waals surface area contributed by atoms with Crippen molar-refractivity contribution in [2.75, 3.05) is 18.5 Å². The number of pyridine rings is 1. The van der Waals surface area contributed by atoms with E-state index in [0.717, 1.165) is 5.56 Å². The van der Waals surface area contributed by atoms with E-state index in [9.17, 15) is 4.79 Å². The molecule has 1 amide bonds. The van der Waals surface area contributed by atoms with Crippen LogP contribution in [0.4, 0.5) is 5.95 Å². The van der Waals surface area contributed by atoms with E-state index < -0.39 is 0 Å². The molecule has 25 heavy (non-hydrogen) atoms. The molecular weight excluding hydrogens is 362 g/mol. The average Bonchev–Trinajstić information content (AvgIpc) is 3.07. The molecule has 0 aliphatic rings. The second-order valence-corrected chi connectivity index (χ2v) is 6.67. The molecule has 3 aromatic heterocycles. The minimum absolute atomic E-state index is 0.131. The summed E-state index contributed by atoms with van der Waals surface area (Å²) in [5.74, 6) is -0.00320. The normalized spacial score (nSPS) is 12.1. The highest BCUT2D eigenvalue weighted by Crippen LogP contribution is 2.25. The fourth-order valence-corrected chi connectivity index (χ4v) is 3.28. The largest absolute Gasteiger partial charge is 0.395 e. The molecule has 0 saturated carbocycles. The van der Waals surface area contributed by atoms with Crippen molar-refractivity contribution in [2.45, 2.75) is 13.0 Å². The van der Waals surface area contributed by atoms with Crippen molar-refractivity contribution in [1.29, 1.82) is 0 Å². The number of hydrogen-bond acceptors (Lipinski definition) is 7. The molecule has 130 valence electrons. The summed E-state index contributed by atoms with van der Waals surface area (Å²) in [5.41, 5.74) is 1.85. The number of carbonyl (C=O) groups excluding carboxylic acids is 1. The summed E-state index contributed by atoms with van der Waals surface area (Å²) >= 11 is 7.38. The van der Waals surface area contributed by atoms with E-state index in [0.29, 0.717) is 21.2 Å². The first-order valence-electron chi connectivity index (χ1n) is 7.59. The number of hydrogen-bond donors (Lipinski definition) is 3. The summed E-state index contributed by atoms with van der Waals surface area (Å²) in [6, 6.07) is 3.50. The van der Waals surface area contributed by atoms with E-state index in [1.165, 1.54) is 11.3 Å². The molecule has 0 aliphatic carbocycles. The second kappa shape index (κ2) is 7.73. The maximum atomic E-state index is 12.3. The van der Waals surface area contributed by atoms with E-state index in [1.807, 2.05) is 24.4 Å². The van der Waals surface area contributed by atoms with Crippen LogP contribution in [0, 0.1) is 0 Å². The van der Waals surface area contributed by atoms with Crippen LogP contribution in [0.5, 0.6) is 0 Å². The molecule has 0 fully saturated rings. The number of fused-ring (bicyclic) bond motifs is 1. The van der Waals surface area contributed by atoms with E-state index in [-0.39, 0.29) is 30.8 Å². The van der Waals surface area contributed by atoms with Crippen LogP contribution in [-0.4, -0.2) is 39.1 Å². The Labute approximate surface area is 153 Å². The number of carbonyl (C=O) groups is 1. The molecule has 0 spiro atoms. The summed E-state index contributed by atoms with van der Waals surface area (Å²) < 4.78 is 0.707. The van der Waals surface area contributed by atoms with Crippen molar-refractivity contribution >= 4 is 45.0 Å². The van der Waals surface area contributed by atoms with Crippen LogP contribution in [0.1, 0.15) is 29.0 Å². The molecule has 0 saturated heterocycles. The van der Waals surface area contributed by atoms with Crippen molar-refractivity contribution < 1.29 is 9.90 Å². The lowest BCUT2D eigenvalue weighted by atomic mass is 10.1. The van der Waals surface area contributed by atoms with Crippen molar-refractivity contribution in [3.05, 3.63) is 46.2 Å². The minimum atomic E-state index is -0.343. The van der Waals surface area contributed by atoms with Crippen LogP contribution in [0.3, 0.4) is 0 Å². The van der Waals surface area contributed by atoms with E-state index in [1.54, 1.807) is 12.4 Å². The fraction of sp³-hybridized carbons (Fsp3) is 0.250. The molecule has 7 nitrogen and oxygen atoms in total. The van der Waals surface area contributed by atoms with Gasteiger partial charge in [0.1, 0.15) is 0 Å². The molecule has 0 aliphatic heterocycles. The van der Waals surface area contributed by atoms with Gasteiger partial charge in [0.2, 0.25) is 5.95 Å². The van der Waals surface area contributed by atoms with E-state index in [2.05, 4.69) is 25.6 Å². The van der Waals surface area contributed by atoms with Gasteiger partial charge in [0.05, 0.1) is 27.9 Å². The van der Waals surface area contributed by atoms with Crippen LogP contribution < -0.4 is 10.6 Å². The third-order valence-electron chi connectivity index (χ3n) is 3.49. The Kier molecular flexibility index (Phi) is 5.42. The third kappa shape index (κ3) is 4.04. The van der Waals surface area contributed by atoms with Gasteiger partial charge in [-0.05, 0) is 30.0 Å². The number of thiophene rings is 1. The van der Waals surface area contributed by atoms with Crippen LogP contribution in [0.25, 0.3) is 10.2 Å². The molecule has 3 heterocycles. The average molecular weight is 378 g/mol. The highest BCUT2D eigenvalue weighted by molar-refractivity contribution is 7.17. The van der Waals surface area contributed by atoms with E-state index >= 15 is 0 Å². The Morgan fingerprint density at radius 1 is 1.40 bits per heavy atom. The zero-order chi connectivity index (χ0) is 17.8. The van der Waals surface area contributed by atoms with Gasteiger partial charge in [-0.15, -0.1) is 11.3 Å². The molecule has 0 aromatic carbocycles. The zero-order valence-corrected chi connectivity index (χ0v) is 14.9. The fourth-order valence-electron chi connectivity index (χ4n) is 2.28. The Morgan fingerprint density at radius 2 is 2.24 bits per heavy atom. The number of aliphatic hydroxyl groups excluding tert-OH is 1. The van der Waals surface area contributed by atoms with Crippen LogP contribution in [0.15, 0.2) is 29.9 Å². The van der Waals surface area contributed by atoms with Gasteiger partial charge in [-0.3, -0.25) is 9.78 Å². The van der Waals surface area contributed by atoms with Gasteiger partial charge in [0.25, 0.3) is 5.91 Å². The highest BCUT2D eigenvalue weighted by atomic mass is 35.5. The predicted molar refractivity (Wildman–Crippen MR) is 98.1 cm³/mol. The number of rotatable bonds is 6. The van der Waals surface area contributed by atoms with Crippen LogP contribution >= 0.6 is 22.9 Å². The maximum absolute atomic E-state index is 12.3. The molecule has 1 atom stereocenters. The summed E-state index contributed by atoms with van der Waals surface area (Å²) in [5, 5.41) is 17.1. The first kappa shape index (κ1) is 17.5. The second-order valence-electron chi connectivity index (χ2n) is 5.31. The van der Waals surface area contributed by atoms with Crippen molar-refractivity contribution in [3.8, 4) is 0 Å². The SMILES string of the molecule is CC(Nc1nc(C(=O)NCCO)c2sccc2n1)c1cncc(Cl)c1. The number of nitrogens with one attached hydrogen (secondary N) is 2. The third-order valence-corrected chi connectivity index (χ3v) is 4.60. The van der Waals surface area contributed by atoms with Crippen molar-refractivity contribution in [3.63, 3.8) is 0 Å². The summed E-state index contributed by atoms with van der Waals surface area (Å²) in [6.07, 6.45) is 3.27. The molecule has 3 rings (SSSR count). The number of nitrogens with zero attached hydrogens (tertiary/aromatic N) is 3. The van der Waals surface area contributed by atoms with Crippen molar-refractivity contribution in [1.82, 2.24) is 20.3 Å². The van der Waals surface area contributed by atoms with Crippen LogP contribution in [0.2, 0.25) is 5.02 Å². The van der Waals surface area contributed by atoms with Gasteiger partial charge in [0.15, 0.2) is 5.69 Å². The number of halogens is 1. The number of aliphatic hydroxyl groups is 1. The first-order valence-corrected chi connectivity index (χ1v) is 8.85. The number of aromatic nitrogens is 3. The van der Waals surface area contributed by atoms with Gasteiger partial charge in [-0.2, -0.15) is 0 Å². The Balaban J connectivity index is 1.90. The Hall–Kier alpha value is -2.29. The molecule has 3 N–H and O–H groups in total. The topological polar surface area (TPSA) is 100 Å². The smallest absolute Gasteiger partial charge is 0.271 e. The number of anilines is 1. The minimum Gasteiger partial charge on any atom is -0.395 e. The quantitative estimate of drug-likeness (QED) is 0.610. The highest BCUT2D eigenvalue weighted by Gasteiger charge is 2.17. The Bertz CT molecular complexity index is 901. The van der Waals surface area contributed by atoms with Crippen molar-refractivity contribution in [2.24, 2.45) is 0 Å². The lowest BCUT2D eigenvalue weighted by molar-refractivity contribution is 0.0942. The predicted octanol–water partition coefficient (Wildman–Crippen LogP) is 2.63. The first-order chi connectivity index (χ1) is 12.1. The van der Waals surface area contributed by atoms with Crippen LogP contribution in [-0.2, 0) is 0 Å². The number of amides is 1. The van der Waals surface area contributed by atoms with Gasteiger partial charge >= 0.3 is 0 Å². The summed E-state index contributed by atoms with van der Waals surface area (Å²) in [7, 11) is 0.